The minimum atomic E-state index is 0.487. The van der Waals surface area contributed by atoms with Crippen molar-refractivity contribution in [2.24, 2.45) is 0 Å². The molecule has 1 saturated carbocycles. The van der Waals surface area contributed by atoms with Gasteiger partial charge in [0.15, 0.2) is 0 Å². The molecule has 0 aromatic heterocycles. The maximum Gasteiger partial charge on any atom is 0.0409 e. The molecular weight excluding hydrogens is 232 g/mol. The average Bonchev–Trinajstić information content (AvgIpc) is 3.10. The van der Waals surface area contributed by atoms with Crippen LogP contribution in [0.3, 0.4) is 0 Å². The van der Waals surface area contributed by atoms with Crippen LogP contribution in [0.4, 0.5) is 0 Å². The predicted octanol–water partition coefficient (Wildman–Crippen LogP) is 2.97. The highest BCUT2D eigenvalue weighted by Gasteiger charge is 2.28. The van der Waals surface area contributed by atoms with Crippen molar-refractivity contribution in [1.29, 1.82) is 0 Å². The summed E-state index contributed by atoms with van der Waals surface area (Å²) >= 11 is 6.14. The first-order chi connectivity index (χ1) is 8.22. The number of benzene rings is 1. The average molecular weight is 251 g/mol. The minimum absolute atomic E-state index is 0.487. The van der Waals surface area contributed by atoms with Crippen LogP contribution < -0.4 is 5.32 Å². The molecule has 1 atom stereocenters. The lowest BCUT2D eigenvalue weighted by molar-refractivity contribution is 0.317. The smallest absolute Gasteiger partial charge is 0.0409 e. The SMILES string of the molecule is CN1CCC(NC2CC2)c2cc(Cl)ccc2C1. The van der Waals surface area contributed by atoms with Crippen LogP contribution in [0.25, 0.3) is 0 Å². The van der Waals surface area contributed by atoms with Gasteiger partial charge in [0.2, 0.25) is 0 Å². The highest BCUT2D eigenvalue weighted by Crippen LogP contribution is 2.32. The lowest BCUT2D eigenvalue weighted by atomic mass is 9.99. The van der Waals surface area contributed by atoms with Crippen molar-refractivity contribution in [3.8, 4) is 0 Å². The Balaban J connectivity index is 1.91. The van der Waals surface area contributed by atoms with Crippen LogP contribution in [-0.4, -0.2) is 24.5 Å². The number of nitrogens with one attached hydrogen (secondary N) is 1. The Bertz CT molecular complexity index is 415. The normalized spacial score (nSPS) is 25.4. The van der Waals surface area contributed by atoms with Gasteiger partial charge in [-0.2, -0.15) is 0 Å². The Morgan fingerprint density at radius 3 is 2.88 bits per heavy atom. The van der Waals surface area contributed by atoms with Crippen molar-refractivity contribution < 1.29 is 0 Å². The third-order valence-electron chi connectivity index (χ3n) is 3.74. The molecule has 1 aliphatic carbocycles. The third-order valence-corrected chi connectivity index (χ3v) is 3.97. The zero-order chi connectivity index (χ0) is 11.8. The van der Waals surface area contributed by atoms with Gasteiger partial charge in [-0.25, -0.2) is 0 Å². The minimum Gasteiger partial charge on any atom is -0.307 e. The second-order valence-corrected chi connectivity index (χ2v) is 5.80. The van der Waals surface area contributed by atoms with E-state index in [4.69, 9.17) is 11.6 Å². The molecule has 3 rings (SSSR count). The first-order valence-electron chi connectivity index (χ1n) is 6.45. The van der Waals surface area contributed by atoms with Crippen molar-refractivity contribution in [3.63, 3.8) is 0 Å². The zero-order valence-corrected chi connectivity index (χ0v) is 11.0. The van der Waals surface area contributed by atoms with Gasteiger partial charge in [-0.3, -0.25) is 0 Å². The molecule has 1 heterocycles. The van der Waals surface area contributed by atoms with Crippen molar-refractivity contribution in [2.75, 3.05) is 13.6 Å². The second kappa shape index (κ2) is 4.60. The Labute approximate surface area is 108 Å². The molecule has 1 aromatic rings. The molecule has 0 bridgehead atoms. The third kappa shape index (κ3) is 2.65. The molecule has 3 heteroatoms. The Hall–Kier alpha value is -0.570. The molecule has 1 unspecified atom stereocenters. The second-order valence-electron chi connectivity index (χ2n) is 5.36. The maximum absolute atomic E-state index is 6.14. The number of nitrogens with zero attached hydrogens (tertiary/aromatic N) is 1. The highest BCUT2D eigenvalue weighted by atomic mass is 35.5. The van der Waals surface area contributed by atoms with E-state index in [9.17, 15) is 0 Å². The van der Waals surface area contributed by atoms with E-state index in [0.717, 1.165) is 24.2 Å². The van der Waals surface area contributed by atoms with E-state index in [1.54, 1.807) is 0 Å². The van der Waals surface area contributed by atoms with E-state index in [0.29, 0.717) is 6.04 Å². The number of hydrogen-bond donors (Lipinski definition) is 1. The number of rotatable bonds is 2. The fourth-order valence-electron chi connectivity index (χ4n) is 2.62. The summed E-state index contributed by atoms with van der Waals surface area (Å²) in [6, 6.07) is 7.57. The number of fused-ring (bicyclic) bond motifs is 1. The molecule has 2 nitrogen and oxygen atoms in total. The van der Waals surface area contributed by atoms with Crippen molar-refractivity contribution in [1.82, 2.24) is 10.2 Å². The van der Waals surface area contributed by atoms with E-state index in [1.165, 1.54) is 30.4 Å². The Morgan fingerprint density at radius 1 is 1.29 bits per heavy atom. The van der Waals surface area contributed by atoms with Crippen LogP contribution in [0.15, 0.2) is 18.2 Å². The lowest BCUT2D eigenvalue weighted by Crippen LogP contribution is -2.25. The Kier molecular flexibility index (Phi) is 3.12. The molecule has 0 radical (unpaired) electrons. The molecule has 2 aliphatic rings. The summed E-state index contributed by atoms with van der Waals surface area (Å²) < 4.78 is 0. The standard InChI is InChI=1S/C14H19ClN2/c1-17-7-6-14(16-12-4-5-12)13-8-11(15)3-2-10(13)9-17/h2-3,8,12,14,16H,4-7,9H2,1H3. The van der Waals surface area contributed by atoms with Gasteiger partial charge in [0.25, 0.3) is 0 Å². The van der Waals surface area contributed by atoms with Gasteiger partial charge in [-0.1, -0.05) is 17.7 Å². The van der Waals surface area contributed by atoms with Gasteiger partial charge < -0.3 is 10.2 Å². The molecule has 1 fully saturated rings. The molecule has 0 amide bonds. The maximum atomic E-state index is 6.14. The lowest BCUT2D eigenvalue weighted by Gasteiger charge is -2.19. The summed E-state index contributed by atoms with van der Waals surface area (Å²) in [4.78, 5) is 2.39. The van der Waals surface area contributed by atoms with Crippen molar-refractivity contribution in [3.05, 3.63) is 34.3 Å². The first-order valence-corrected chi connectivity index (χ1v) is 6.83. The van der Waals surface area contributed by atoms with Crippen LogP contribution in [-0.2, 0) is 6.54 Å². The van der Waals surface area contributed by atoms with E-state index >= 15 is 0 Å². The summed E-state index contributed by atoms with van der Waals surface area (Å²) in [6.45, 7) is 2.19. The molecule has 1 aliphatic heterocycles. The summed E-state index contributed by atoms with van der Waals surface area (Å²) in [7, 11) is 2.19. The van der Waals surface area contributed by atoms with Gasteiger partial charge in [-0.15, -0.1) is 0 Å². The zero-order valence-electron chi connectivity index (χ0n) is 10.2. The molecule has 92 valence electrons. The molecule has 0 saturated heterocycles. The van der Waals surface area contributed by atoms with Gasteiger partial charge in [0.05, 0.1) is 0 Å². The number of hydrogen-bond acceptors (Lipinski definition) is 2. The molecule has 17 heavy (non-hydrogen) atoms. The monoisotopic (exact) mass is 250 g/mol. The summed E-state index contributed by atoms with van der Waals surface area (Å²) in [5.41, 5.74) is 2.83. The molecule has 1 N–H and O–H groups in total. The predicted molar refractivity (Wildman–Crippen MR) is 71.3 cm³/mol. The summed E-state index contributed by atoms with van der Waals surface area (Å²) in [5, 5.41) is 4.61. The quantitative estimate of drug-likeness (QED) is 0.868. The fraction of sp³-hybridized carbons (Fsp3) is 0.571. The molecule has 1 aromatic carbocycles. The summed E-state index contributed by atoms with van der Waals surface area (Å²) in [5.74, 6) is 0. The molecular formula is C14H19ClN2. The Morgan fingerprint density at radius 2 is 2.12 bits per heavy atom. The van der Waals surface area contributed by atoms with Crippen LogP contribution in [0, 0.1) is 0 Å². The van der Waals surface area contributed by atoms with Crippen molar-refractivity contribution in [2.45, 2.75) is 37.9 Å². The van der Waals surface area contributed by atoms with Gasteiger partial charge in [-0.05, 0) is 56.1 Å². The topological polar surface area (TPSA) is 15.3 Å². The van der Waals surface area contributed by atoms with Crippen LogP contribution >= 0.6 is 11.6 Å². The van der Waals surface area contributed by atoms with Gasteiger partial charge in [0, 0.05) is 23.7 Å². The van der Waals surface area contributed by atoms with Gasteiger partial charge in [0.1, 0.15) is 0 Å². The highest BCUT2D eigenvalue weighted by molar-refractivity contribution is 6.30. The molecule has 0 spiro atoms. The fourth-order valence-corrected chi connectivity index (χ4v) is 2.80. The van der Waals surface area contributed by atoms with Crippen molar-refractivity contribution >= 4 is 11.6 Å². The van der Waals surface area contributed by atoms with Crippen LogP contribution in [0.2, 0.25) is 5.02 Å². The first kappa shape index (κ1) is 11.5. The number of halogens is 1. The van der Waals surface area contributed by atoms with E-state index in [-0.39, 0.29) is 0 Å². The van der Waals surface area contributed by atoms with E-state index in [2.05, 4.69) is 29.4 Å². The van der Waals surface area contributed by atoms with Crippen LogP contribution in [0.5, 0.6) is 0 Å². The van der Waals surface area contributed by atoms with E-state index < -0.39 is 0 Å². The van der Waals surface area contributed by atoms with Gasteiger partial charge >= 0.3 is 0 Å². The van der Waals surface area contributed by atoms with Crippen LogP contribution in [0.1, 0.15) is 36.4 Å². The largest absolute Gasteiger partial charge is 0.307 e. The summed E-state index contributed by atoms with van der Waals surface area (Å²) in [6.07, 6.45) is 3.85. The van der Waals surface area contributed by atoms with E-state index in [1.807, 2.05) is 6.07 Å².